The molecule has 0 unspecified atom stereocenters. The number of fused-ring (bicyclic) bond motifs is 1. The summed E-state index contributed by atoms with van der Waals surface area (Å²) in [6, 6.07) is 9.97. The molecule has 2 aromatic rings. The van der Waals surface area contributed by atoms with Crippen molar-refractivity contribution >= 4 is 11.8 Å². The van der Waals surface area contributed by atoms with E-state index in [2.05, 4.69) is 6.92 Å². The number of carbonyl (C=O) groups excluding carboxylic acids is 2. The number of rotatable bonds is 7. The first kappa shape index (κ1) is 22.5. The van der Waals surface area contributed by atoms with Gasteiger partial charge in [-0.1, -0.05) is 49.6 Å². The Hall–Kier alpha value is -2.67. The molecule has 0 aliphatic carbocycles. The quantitative estimate of drug-likeness (QED) is 0.721. The average Bonchev–Trinajstić information content (AvgIpc) is 3.24. The number of aliphatic hydroxyl groups excluding tert-OH is 1. The number of unbranched alkanes of at least 4 members (excludes halogenated alkanes) is 1. The van der Waals surface area contributed by atoms with Crippen molar-refractivity contribution in [3.8, 4) is 11.3 Å². The van der Waals surface area contributed by atoms with Crippen LogP contribution in [0.5, 0.6) is 0 Å². The molecule has 2 amide bonds. The van der Waals surface area contributed by atoms with Crippen LogP contribution in [0.15, 0.2) is 30.3 Å². The van der Waals surface area contributed by atoms with Crippen molar-refractivity contribution in [1.82, 2.24) is 19.6 Å². The maximum Gasteiger partial charge on any atom is 0.272 e. The summed E-state index contributed by atoms with van der Waals surface area (Å²) in [5.41, 5.74) is 3.52. The smallest absolute Gasteiger partial charge is 0.272 e. The minimum Gasteiger partial charge on any atom is -0.396 e. The molecule has 0 spiro atoms. The molecule has 7 heteroatoms. The van der Waals surface area contributed by atoms with Gasteiger partial charge in [0, 0.05) is 25.3 Å². The Balaban J connectivity index is 1.53. The van der Waals surface area contributed by atoms with Crippen molar-refractivity contribution in [2.75, 3.05) is 26.2 Å². The van der Waals surface area contributed by atoms with Gasteiger partial charge in [-0.25, -0.2) is 0 Å². The van der Waals surface area contributed by atoms with Gasteiger partial charge in [0.25, 0.3) is 5.91 Å². The molecular formula is C25H34N4O3. The number of likely N-dealkylation sites (tertiary alicyclic amines) is 1. The Bertz CT molecular complexity index is 945. The summed E-state index contributed by atoms with van der Waals surface area (Å²) in [6.07, 6.45) is 4.55. The van der Waals surface area contributed by atoms with Crippen molar-refractivity contribution in [2.24, 2.45) is 5.92 Å². The van der Waals surface area contributed by atoms with Gasteiger partial charge in [0.15, 0.2) is 0 Å². The highest BCUT2D eigenvalue weighted by Crippen LogP contribution is 2.27. The Morgan fingerprint density at radius 2 is 1.91 bits per heavy atom. The fourth-order valence-corrected chi connectivity index (χ4v) is 4.70. The molecule has 4 rings (SSSR count). The summed E-state index contributed by atoms with van der Waals surface area (Å²) in [4.78, 5) is 30.1. The lowest BCUT2D eigenvalue weighted by Crippen LogP contribution is -2.53. The van der Waals surface area contributed by atoms with E-state index >= 15 is 0 Å². The van der Waals surface area contributed by atoms with Crippen LogP contribution in [0.1, 0.15) is 55.1 Å². The van der Waals surface area contributed by atoms with E-state index < -0.39 is 0 Å². The van der Waals surface area contributed by atoms with Crippen LogP contribution in [-0.4, -0.2) is 68.8 Å². The number of benzene rings is 1. The van der Waals surface area contributed by atoms with Crippen molar-refractivity contribution in [3.05, 3.63) is 41.6 Å². The van der Waals surface area contributed by atoms with Gasteiger partial charge in [-0.05, 0) is 38.2 Å². The molecule has 172 valence electrons. The van der Waals surface area contributed by atoms with Crippen LogP contribution < -0.4 is 0 Å². The van der Waals surface area contributed by atoms with Crippen LogP contribution in [0, 0.1) is 12.8 Å². The number of hydrogen-bond acceptors (Lipinski definition) is 4. The molecule has 1 aromatic carbocycles. The largest absolute Gasteiger partial charge is 0.396 e. The Labute approximate surface area is 190 Å². The maximum absolute atomic E-state index is 13.5. The summed E-state index contributed by atoms with van der Waals surface area (Å²) in [7, 11) is 0. The first-order valence-corrected chi connectivity index (χ1v) is 11.8. The van der Waals surface area contributed by atoms with E-state index in [1.165, 1.54) is 5.56 Å². The molecule has 3 heterocycles. The monoisotopic (exact) mass is 438 g/mol. The number of aromatic nitrogens is 2. The Morgan fingerprint density at radius 3 is 2.56 bits per heavy atom. The lowest BCUT2D eigenvalue weighted by Gasteiger charge is -2.38. The van der Waals surface area contributed by atoms with Crippen LogP contribution in [-0.2, 0) is 11.3 Å². The molecule has 1 saturated heterocycles. The van der Waals surface area contributed by atoms with E-state index in [9.17, 15) is 14.7 Å². The highest BCUT2D eigenvalue weighted by molar-refractivity contribution is 5.97. The van der Waals surface area contributed by atoms with Crippen molar-refractivity contribution in [3.63, 3.8) is 0 Å². The third kappa shape index (κ3) is 4.72. The third-order valence-corrected chi connectivity index (χ3v) is 6.85. The van der Waals surface area contributed by atoms with Crippen LogP contribution in [0.3, 0.4) is 0 Å². The summed E-state index contributed by atoms with van der Waals surface area (Å²) >= 11 is 0. The van der Waals surface area contributed by atoms with Gasteiger partial charge in [0.2, 0.25) is 5.91 Å². The summed E-state index contributed by atoms with van der Waals surface area (Å²) in [6.45, 7) is 6.40. The number of nitrogens with zero attached hydrogens (tertiary/aromatic N) is 4. The molecule has 1 N–H and O–H groups in total. The second-order valence-electron chi connectivity index (χ2n) is 9.20. The Morgan fingerprint density at radius 1 is 1.19 bits per heavy atom. The van der Waals surface area contributed by atoms with Gasteiger partial charge < -0.3 is 14.9 Å². The minimum atomic E-state index is -0.109. The predicted octanol–water partition coefficient (Wildman–Crippen LogP) is 3.10. The molecule has 1 aromatic heterocycles. The number of aryl methyl sites for hydroxylation is 1. The van der Waals surface area contributed by atoms with E-state index in [1.54, 1.807) is 4.90 Å². The van der Waals surface area contributed by atoms with Crippen molar-refractivity contribution in [2.45, 2.75) is 58.5 Å². The van der Waals surface area contributed by atoms with E-state index in [-0.39, 0.29) is 36.9 Å². The molecule has 2 aliphatic rings. The Kier molecular flexibility index (Phi) is 6.94. The zero-order valence-corrected chi connectivity index (χ0v) is 19.2. The van der Waals surface area contributed by atoms with Crippen LogP contribution >= 0.6 is 0 Å². The van der Waals surface area contributed by atoms with Gasteiger partial charge in [-0.15, -0.1) is 0 Å². The third-order valence-electron chi connectivity index (χ3n) is 6.85. The van der Waals surface area contributed by atoms with Gasteiger partial charge in [0.05, 0.1) is 18.3 Å². The van der Waals surface area contributed by atoms with E-state index in [0.29, 0.717) is 25.3 Å². The van der Waals surface area contributed by atoms with Gasteiger partial charge in [-0.2, -0.15) is 5.10 Å². The molecule has 0 radical (unpaired) electrons. The second-order valence-corrected chi connectivity index (χ2v) is 9.20. The average molecular weight is 439 g/mol. The fourth-order valence-electron chi connectivity index (χ4n) is 4.70. The summed E-state index contributed by atoms with van der Waals surface area (Å²) in [5.74, 6) is 0.173. The number of hydrogen-bond donors (Lipinski definition) is 1. The lowest BCUT2D eigenvalue weighted by atomic mass is 9.98. The number of piperidine rings is 1. The minimum absolute atomic E-state index is 0.00274. The zero-order valence-electron chi connectivity index (χ0n) is 19.2. The predicted molar refractivity (Wildman–Crippen MR) is 123 cm³/mol. The van der Waals surface area contributed by atoms with Crippen molar-refractivity contribution in [1.29, 1.82) is 0 Å². The second kappa shape index (κ2) is 9.86. The van der Waals surface area contributed by atoms with Gasteiger partial charge in [-0.3, -0.25) is 14.3 Å². The van der Waals surface area contributed by atoms with Gasteiger partial charge >= 0.3 is 0 Å². The van der Waals surface area contributed by atoms with Crippen LogP contribution in [0.25, 0.3) is 11.3 Å². The number of amides is 2. The van der Waals surface area contributed by atoms with E-state index in [0.717, 1.165) is 43.4 Å². The van der Waals surface area contributed by atoms with E-state index in [4.69, 9.17) is 5.10 Å². The number of carbonyl (C=O) groups is 2. The van der Waals surface area contributed by atoms with Crippen LogP contribution in [0.2, 0.25) is 0 Å². The molecule has 1 fully saturated rings. The summed E-state index contributed by atoms with van der Waals surface area (Å²) < 4.78 is 1.82. The maximum atomic E-state index is 13.5. The standard InChI is InChI=1S/C25H34N4O3/c1-3-4-5-21-15-29-23(14-22(26-29)20-8-6-18(2)7-9-20)25(32)28(21)16-24(31)27-12-10-19(17-30)11-13-27/h6-9,14,19,21,30H,3-5,10-13,15-17H2,1-2H3/t21-/m0/s1. The first-order valence-electron chi connectivity index (χ1n) is 11.8. The van der Waals surface area contributed by atoms with Gasteiger partial charge in [0.1, 0.15) is 12.2 Å². The SMILES string of the molecule is CCCC[C@H]1Cn2nc(-c3ccc(C)cc3)cc2C(=O)N1CC(=O)N1CCC(CO)CC1. The molecule has 2 aliphatic heterocycles. The molecule has 0 saturated carbocycles. The zero-order chi connectivity index (χ0) is 22.7. The number of aliphatic hydroxyl groups is 1. The van der Waals surface area contributed by atoms with Crippen molar-refractivity contribution < 1.29 is 14.7 Å². The highest BCUT2D eigenvalue weighted by Gasteiger charge is 2.36. The molecule has 1 atom stereocenters. The van der Waals surface area contributed by atoms with Crippen LogP contribution in [0.4, 0.5) is 0 Å². The fraction of sp³-hybridized carbons (Fsp3) is 0.560. The molecule has 32 heavy (non-hydrogen) atoms. The summed E-state index contributed by atoms with van der Waals surface area (Å²) in [5, 5.41) is 14.1. The highest BCUT2D eigenvalue weighted by atomic mass is 16.3. The molecule has 7 nitrogen and oxygen atoms in total. The normalized spacial score (nSPS) is 19.3. The lowest BCUT2D eigenvalue weighted by molar-refractivity contribution is -0.134. The molecule has 0 bridgehead atoms. The molecular weight excluding hydrogens is 404 g/mol. The first-order chi connectivity index (χ1) is 15.5. The van der Waals surface area contributed by atoms with E-state index in [1.807, 2.05) is 46.8 Å². The topological polar surface area (TPSA) is 78.7 Å².